The smallest absolute Gasteiger partial charge is 0.161 e. The van der Waals surface area contributed by atoms with Crippen LogP contribution in [0.15, 0.2) is 18.2 Å². The van der Waals surface area contributed by atoms with Crippen LogP contribution in [0.5, 0.6) is 11.5 Å². The lowest BCUT2D eigenvalue weighted by Crippen LogP contribution is -2.26. The van der Waals surface area contributed by atoms with E-state index in [0.29, 0.717) is 19.8 Å². The number of rotatable bonds is 8. The molecule has 0 saturated heterocycles. The van der Waals surface area contributed by atoms with Gasteiger partial charge < -0.3 is 19.9 Å². The molecule has 4 nitrogen and oxygen atoms in total. The number of aryl methyl sites for hydroxylation is 1. The van der Waals surface area contributed by atoms with Gasteiger partial charge in [0.1, 0.15) is 6.61 Å². The van der Waals surface area contributed by atoms with Gasteiger partial charge in [-0.25, -0.2) is 0 Å². The van der Waals surface area contributed by atoms with Crippen LogP contribution in [0.4, 0.5) is 0 Å². The number of hydrogen-bond acceptors (Lipinski definition) is 4. The molecule has 0 radical (unpaired) electrons. The maximum absolute atomic E-state index is 5.74. The van der Waals surface area contributed by atoms with E-state index in [9.17, 15) is 0 Å². The molecule has 1 aromatic carbocycles. The Hall–Kier alpha value is -1.26. The second-order valence-electron chi connectivity index (χ2n) is 4.25. The van der Waals surface area contributed by atoms with Crippen LogP contribution >= 0.6 is 0 Å². The zero-order valence-electron chi connectivity index (χ0n) is 11.4. The van der Waals surface area contributed by atoms with Crippen molar-refractivity contribution in [1.82, 2.24) is 0 Å². The molecule has 0 spiro atoms. The minimum Gasteiger partial charge on any atom is -0.493 e. The topological polar surface area (TPSA) is 53.7 Å². The number of nitrogens with two attached hydrogens (primary N) is 1. The van der Waals surface area contributed by atoms with Gasteiger partial charge >= 0.3 is 0 Å². The Bertz CT molecular complexity index is 355. The molecule has 0 aliphatic rings. The summed E-state index contributed by atoms with van der Waals surface area (Å²) in [6.07, 6.45) is 0.923. The van der Waals surface area contributed by atoms with E-state index >= 15 is 0 Å². The Morgan fingerprint density at radius 2 is 2.00 bits per heavy atom. The molecule has 0 aliphatic heterocycles. The molecule has 0 saturated carbocycles. The molecule has 0 aliphatic carbocycles. The summed E-state index contributed by atoms with van der Waals surface area (Å²) in [5.74, 6) is 1.49. The van der Waals surface area contributed by atoms with Crippen LogP contribution in [0.25, 0.3) is 0 Å². The summed E-state index contributed by atoms with van der Waals surface area (Å²) in [6, 6.07) is 5.96. The Kier molecular flexibility index (Phi) is 6.54. The second kappa shape index (κ2) is 7.95. The van der Waals surface area contributed by atoms with Crippen molar-refractivity contribution in [1.29, 1.82) is 0 Å². The molecule has 4 heteroatoms. The summed E-state index contributed by atoms with van der Waals surface area (Å²) in [6.45, 7) is 5.66. The molecule has 0 fully saturated rings. The lowest BCUT2D eigenvalue weighted by atomic mass is 10.2. The SMILES string of the molecule is CCC(N)COCCOc1ccc(C)cc1OC. The van der Waals surface area contributed by atoms with Gasteiger partial charge in [-0.05, 0) is 31.0 Å². The van der Waals surface area contributed by atoms with Crippen molar-refractivity contribution in [3.8, 4) is 11.5 Å². The van der Waals surface area contributed by atoms with Crippen LogP contribution in [0.2, 0.25) is 0 Å². The van der Waals surface area contributed by atoms with Gasteiger partial charge in [-0.2, -0.15) is 0 Å². The Balaban J connectivity index is 2.31. The zero-order valence-corrected chi connectivity index (χ0v) is 11.4. The summed E-state index contributed by atoms with van der Waals surface area (Å²) >= 11 is 0. The molecule has 18 heavy (non-hydrogen) atoms. The van der Waals surface area contributed by atoms with Crippen molar-refractivity contribution in [3.63, 3.8) is 0 Å². The van der Waals surface area contributed by atoms with E-state index in [1.165, 1.54) is 0 Å². The zero-order chi connectivity index (χ0) is 13.4. The highest BCUT2D eigenvalue weighted by atomic mass is 16.5. The van der Waals surface area contributed by atoms with Gasteiger partial charge in [0.05, 0.1) is 20.3 Å². The van der Waals surface area contributed by atoms with Crippen molar-refractivity contribution in [2.45, 2.75) is 26.3 Å². The highest BCUT2D eigenvalue weighted by molar-refractivity contribution is 5.42. The molecule has 102 valence electrons. The molecule has 0 amide bonds. The van der Waals surface area contributed by atoms with Gasteiger partial charge in [0.15, 0.2) is 11.5 Å². The van der Waals surface area contributed by atoms with Gasteiger partial charge in [-0.3, -0.25) is 0 Å². The monoisotopic (exact) mass is 253 g/mol. The minimum atomic E-state index is 0.110. The average molecular weight is 253 g/mol. The standard InChI is InChI=1S/C14H23NO3/c1-4-12(15)10-17-7-8-18-13-6-5-11(2)9-14(13)16-3/h5-6,9,12H,4,7-8,10,15H2,1-3H3. The largest absolute Gasteiger partial charge is 0.493 e. The molecule has 0 heterocycles. The van der Waals surface area contributed by atoms with Gasteiger partial charge in [-0.15, -0.1) is 0 Å². The fourth-order valence-electron chi connectivity index (χ4n) is 1.46. The Morgan fingerprint density at radius 3 is 2.67 bits per heavy atom. The summed E-state index contributed by atoms with van der Waals surface area (Å²) in [7, 11) is 1.64. The minimum absolute atomic E-state index is 0.110. The fraction of sp³-hybridized carbons (Fsp3) is 0.571. The summed E-state index contributed by atoms with van der Waals surface area (Å²) in [4.78, 5) is 0. The lowest BCUT2D eigenvalue weighted by Gasteiger charge is -2.12. The molecule has 1 rings (SSSR count). The molecule has 1 aromatic rings. The lowest BCUT2D eigenvalue weighted by molar-refractivity contribution is 0.0888. The molecule has 0 aromatic heterocycles. The highest BCUT2D eigenvalue weighted by Gasteiger charge is 2.04. The maximum atomic E-state index is 5.74. The maximum Gasteiger partial charge on any atom is 0.161 e. The van der Waals surface area contributed by atoms with E-state index in [1.807, 2.05) is 32.0 Å². The van der Waals surface area contributed by atoms with Gasteiger partial charge in [0, 0.05) is 6.04 Å². The van der Waals surface area contributed by atoms with E-state index in [-0.39, 0.29) is 6.04 Å². The van der Waals surface area contributed by atoms with E-state index in [0.717, 1.165) is 23.5 Å². The van der Waals surface area contributed by atoms with Crippen LogP contribution in [0.1, 0.15) is 18.9 Å². The van der Waals surface area contributed by atoms with Crippen molar-refractivity contribution in [3.05, 3.63) is 23.8 Å². The van der Waals surface area contributed by atoms with E-state index in [2.05, 4.69) is 0 Å². The summed E-state index contributed by atoms with van der Waals surface area (Å²) < 4.78 is 16.3. The highest BCUT2D eigenvalue weighted by Crippen LogP contribution is 2.27. The predicted octanol–water partition coefficient (Wildman–Crippen LogP) is 2.14. The first-order chi connectivity index (χ1) is 8.67. The van der Waals surface area contributed by atoms with Crippen molar-refractivity contribution < 1.29 is 14.2 Å². The normalized spacial score (nSPS) is 12.2. The third-order valence-electron chi connectivity index (χ3n) is 2.66. The molecular weight excluding hydrogens is 230 g/mol. The quantitative estimate of drug-likeness (QED) is 0.721. The van der Waals surface area contributed by atoms with Crippen LogP contribution < -0.4 is 15.2 Å². The predicted molar refractivity (Wildman–Crippen MR) is 72.3 cm³/mol. The molecule has 1 atom stereocenters. The molecule has 0 bridgehead atoms. The van der Waals surface area contributed by atoms with Crippen molar-refractivity contribution in [2.75, 3.05) is 26.9 Å². The van der Waals surface area contributed by atoms with Gasteiger partial charge in [-0.1, -0.05) is 13.0 Å². The first kappa shape index (κ1) is 14.8. The van der Waals surface area contributed by atoms with Crippen LogP contribution in [-0.4, -0.2) is 33.0 Å². The summed E-state index contributed by atoms with van der Waals surface area (Å²) in [5.41, 5.74) is 6.89. The molecule has 1 unspecified atom stereocenters. The number of benzene rings is 1. The third-order valence-corrected chi connectivity index (χ3v) is 2.66. The second-order valence-corrected chi connectivity index (χ2v) is 4.25. The number of methoxy groups -OCH3 is 1. The molecular formula is C14H23NO3. The Labute approximate surface area is 109 Å². The van der Waals surface area contributed by atoms with Crippen LogP contribution in [0, 0.1) is 6.92 Å². The third kappa shape index (κ3) is 4.94. The number of hydrogen-bond donors (Lipinski definition) is 1. The fourth-order valence-corrected chi connectivity index (χ4v) is 1.46. The van der Waals surface area contributed by atoms with E-state index in [1.54, 1.807) is 7.11 Å². The van der Waals surface area contributed by atoms with Crippen LogP contribution in [-0.2, 0) is 4.74 Å². The van der Waals surface area contributed by atoms with Crippen molar-refractivity contribution >= 4 is 0 Å². The first-order valence-electron chi connectivity index (χ1n) is 6.28. The van der Waals surface area contributed by atoms with E-state index < -0.39 is 0 Å². The Morgan fingerprint density at radius 1 is 1.22 bits per heavy atom. The van der Waals surface area contributed by atoms with Crippen LogP contribution in [0.3, 0.4) is 0 Å². The number of ether oxygens (including phenoxy) is 3. The van der Waals surface area contributed by atoms with E-state index in [4.69, 9.17) is 19.9 Å². The van der Waals surface area contributed by atoms with Gasteiger partial charge in [0.25, 0.3) is 0 Å². The van der Waals surface area contributed by atoms with Crippen molar-refractivity contribution in [2.24, 2.45) is 5.73 Å². The first-order valence-corrected chi connectivity index (χ1v) is 6.28. The average Bonchev–Trinajstić information content (AvgIpc) is 2.39. The summed E-state index contributed by atoms with van der Waals surface area (Å²) in [5, 5.41) is 0. The molecule has 2 N–H and O–H groups in total. The van der Waals surface area contributed by atoms with Gasteiger partial charge in [0.2, 0.25) is 0 Å².